The van der Waals surface area contributed by atoms with Crippen molar-refractivity contribution in [3.63, 3.8) is 0 Å². The Morgan fingerprint density at radius 3 is 1.23 bits per heavy atom. The highest BCUT2D eigenvalue weighted by Gasteiger charge is 2.89. The minimum atomic E-state index is -11.6. The molecule has 1 N–H and O–H groups in total. The van der Waals surface area contributed by atoms with Crippen LogP contribution in [-0.4, -0.2) is 17.6 Å². The monoisotopic (exact) mass is 258 g/mol. The molecule has 0 aliphatic rings. The lowest BCUT2D eigenvalue weighted by molar-refractivity contribution is 0.107. The zero-order chi connectivity index (χ0) is 11.4. The van der Waals surface area contributed by atoms with E-state index in [-0.39, 0.29) is 0 Å². The molecule has 0 saturated heterocycles. The molecule has 0 unspecified atom stereocenters. The summed E-state index contributed by atoms with van der Waals surface area (Å²) in [6, 6.07) is 0. The van der Waals surface area contributed by atoms with Crippen molar-refractivity contribution < 1.29 is 41.2 Å². The average molecular weight is 258 g/mol. The van der Waals surface area contributed by atoms with E-state index in [9.17, 15) is 36.6 Å². The minimum absolute atomic E-state index is 7.23. The van der Waals surface area contributed by atoms with Gasteiger partial charge < -0.3 is 0 Å². The van der Waals surface area contributed by atoms with Crippen LogP contribution in [-0.2, 0) is 10.1 Å². The maximum Gasteiger partial charge on any atom is 0.507 e. The molecule has 3 nitrogen and oxygen atoms in total. The molecule has 0 fully saturated rings. The van der Waals surface area contributed by atoms with E-state index in [4.69, 9.17) is 4.55 Å². The van der Waals surface area contributed by atoms with Gasteiger partial charge >= 0.3 is 24.9 Å². The summed E-state index contributed by atoms with van der Waals surface area (Å²) < 4.78 is 97.6. The van der Waals surface area contributed by atoms with Gasteiger partial charge in [0.15, 0.2) is 0 Å². The van der Waals surface area contributed by atoms with Crippen molar-refractivity contribution >= 4 is 20.3 Å². The van der Waals surface area contributed by atoms with Crippen molar-refractivity contribution in [2.75, 3.05) is 0 Å². The van der Waals surface area contributed by atoms with Crippen LogP contribution in [0, 0.1) is 0 Å². The first-order chi connectivity index (χ1) is 5.00. The van der Waals surface area contributed by atoms with Crippen molar-refractivity contribution in [1.29, 1.82) is 0 Å². The van der Waals surface area contributed by atoms with Crippen molar-refractivity contribution in [1.82, 2.24) is 0 Å². The second-order valence-corrected chi connectivity index (χ2v) is 6.08. The fraction of sp³-hybridized carbons (Fsp3) is 1.00. The summed E-state index contributed by atoms with van der Waals surface area (Å²) in [5.41, 5.74) is 0. The molecule has 0 saturated carbocycles. The first kappa shape index (κ1) is 12.8. The number of halogens is 7. The smallest absolute Gasteiger partial charge is 0.280 e. The van der Waals surface area contributed by atoms with Crippen molar-refractivity contribution in [3.8, 4) is 0 Å². The van der Waals surface area contributed by atoms with E-state index in [0.717, 1.165) is 0 Å². The molecule has 0 heterocycles. The van der Waals surface area contributed by atoms with Gasteiger partial charge in [-0.3, -0.25) is 4.55 Å². The second kappa shape index (κ2) is 1.91. The van der Waals surface area contributed by atoms with Crippen molar-refractivity contribution in [3.05, 3.63) is 0 Å². The summed E-state index contributed by atoms with van der Waals surface area (Å²) in [4.78, 5) is 0. The second-order valence-electron chi connectivity index (χ2n) is 1.91. The van der Waals surface area contributed by atoms with Crippen LogP contribution in [0.1, 0.15) is 0 Å². The van der Waals surface area contributed by atoms with Crippen LogP contribution in [0.5, 0.6) is 0 Å². The predicted molar refractivity (Wildman–Crippen MR) is 29.6 cm³/mol. The lowest BCUT2D eigenvalue weighted by Crippen LogP contribution is -2.40. The van der Waals surface area contributed by atoms with E-state index >= 15 is 0 Å². The van der Waals surface area contributed by atoms with Crippen LogP contribution >= 0.6 is 10.2 Å². The van der Waals surface area contributed by atoms with E-state index in [2.05, 4.69) is 0 Å². The molecular weight excluding hydrogens is 257 g/mol. The zero-order valence-electron chi connectivity index (χ0n) is 5.23. The van der Waals surface area contributed by atoms with Gasteiger partial charge in [0.2, 0.25) is 0 Å². The molecule has 0 rings (SSSR count). The number of hydrogen-bond acceptors (Lipinski definition) is 2. The van der Waals surface area contributed by atoms with Gasteiger partial charge in [-0.2, -0.15) is 17.2 Å². The van der Waals surface area contributed by atoms with E-state index in [0.29, 0.717) is 0 Å². The molecule has 13 heavy (non-hydrogen) atoms. The van der Waals surface area contributed by atoms with E-state index in [1.807, 2.05) is 0 Å². The number of rotatable bonds is 2. The molecule has 12 heteroatoms. The van der Waals surface area contributed by atoms with Gasteiger partial charge in [0, 0.05) is 0 Å². The normalized spacial score (nSPS) is 20.6. The van der Waals surface area contributed by atoms with Crippen LogP contribution in [0.4, 0.5) is 28.2 Å². The Kier molecular flexibility index (Phi) is 1.87. The molecule has 0 atom stereocenters. The SMILES string of the molecule is O=S(=O)(O)C(F)(F)S(F)(F)(F)(F)F. The standard InChI is InChI=1S/CHF7O3S2/c2-1(3,12(9,10)11)13(4,5,6,7)8/h(H,9,10,11). The Labute approximate surface area is 67.0 Å². The Hall–Kier alpha value is -0.230. The summed E-state index contributed by atoms with van der Waals surface area (Å²) in [6.07, 6.45) is 0. The van der Waals surface area contributed by atoms with Gasteiger partial charge in [-0.1, -0.05) is 19.4 Å². The van der Waals surface area contributed by atoms with Crippen LogP contribution in [0.25, 0.3) is 0 Å². The summed E-state index contributed by atoms with van der Waals surface area (Å²) in [5.74, 6) is 0. The minimum Gasteiger partial charge on any atom is -0.280 e. The van der Waals surface area contributed by atoms with E-state index in [1.54, 1.807) is 0 Å². The van der Waals surface area contributed by atoms with Gasteiger partial charge in [-0.05, 0) is 0 Å². The first-order valence-corrected chi connectivity index (χ1v) is 5.46. The highest BCUT2D eigenvalue weighted by atomic mass is 32.5. The van der Waals surface area contributed by atoms with Gasteiger partial charge in [0.05, 0.1) is 0 Å². The van der Waals surface area contributed by atoms with Crippen molar-refractivity contribution in [2.24, 2.45) is 0 Å². The first-order valence-electron chi connectivity index (χ1n) is 2.07. The summed E-state index contributed by atoms with van der Waals surface area (Å²) >= 11 is 0. The van der Waals surface area contributed by atoms with E-state index < -0.39 is 24.9 Å². The summed E-state index contributed by atoms with van der Waals surface area (Å²) in [7, 11) is -18.8. The quantitative estimate of drug-likeness (QED) is 0.612. The van der Waals surface area contributed by atoms with Gasteiger partial charge in [0.25, 0.3) is 0 Å². The molecule has 0 aromatic heterocycles. The van der Waals surface area contributed by atoms with Crippen LogP contribution in [0.2, 0.25) is 0 Å². The summed E-state index contributed by atoms with van der Waals surface area (Å²) in [5, 5.41) is 0. The average Bonchev–Trinajstić information content (AvgIpc) is 1.52. The fourth-order valence-electron chi connectivity index (χ4n) is 0.199. The third kappa shape index (κ3) is 1.99. The summed E-state index contributed by atoms with van der Waals surface area (Å²) in [6.45, 7) is 0. The molecule has 0 aromatic rings. The van der Waals surface area contributed by atoms with Crippen LogP contribution < -0.4 is 0 Å². The van der Waals surface area contributed by atoms with Gasteiger partial charge in [-0.15, -0.1) is 0 Å². The largest absolute Gasteiger partial charge is 0.507 e. The molecule has 0 radical (unpaired) electrons. The molecule has 0 bridgehead atoms. The third-order valence-electron chi connectivity index (χ3n) is 0.749. The maximum absolute atomic E-state index is 11.6. The topological polar surface area (TPSA) is 54.4 Å². The maximum atomic E-state index is 11.5. The van der Waals surface area contributed by atoms with Crippen LogP contribution in [0.15, 0.2) is 0 Å². The molecule has 0 aliphatic heterocycles. The third-order valence-corrected chi connectivity index (χ3v) is 3.82. The number of alkyl halides is 2. The van der Waals surface area contributed by atoms with Gasteiger partial charge in [-0.25, -0.2) is 0 Å². The number of hydrogen-bond donors (Lipinski definition) is 1. The molecule has 0 aliphatic carbocycles. The molecule has 84 valence electrons. The lowest BCUT2D eigenvalue weighted by atomic mass is 11.6. The molecule has 0 amide bonds. The Morgan fingerprint density at radius 1 is 1.00 bits per heavy atom. The highest BCUT2D eigenvalue weighted by molar-refractivity contribution is 8.50. The molecule has 0 spiro atoms. The molecular formula is CHF7O3S2. The Bertz CT molecular complexity index is 319. The van der Waals surface area contributed by atoms with E-state index in [1.165, 1.54) is 0 Å². The predicted octanol–water partition coefficient (Wildman–Crippen LogP) is 2.72. The van der Waals surface area contributed by atoms with Crippen molar-refractivity contribution in [2.45, 2.75) is 4.59 Å². The van der Waals surface area contributed by atoms with Gasteiger partial charge in [0.1, 0.15) is 0 Å². The molecule has 0 aromatic carbocycles. The fourth-order valence-corrected chi connectivity index (χ4v) is 1.79. The van der Waals surface area contributed by atoms with Crippen LogP contribution in [0.3, 0.4) is 0 Å². The highest BCUT2D eigenvalue weighted by Crippen LogP contribution is 3.04. The zero-order valence-corrected chi connectivity index (χ0v) is 6.86. The Morgan fingerprint density at radius 2 is 1.23 bits per heavy atom. The lowest BCUT2D eigenvalue weighted by Gasteiger charge is -2.43. The Balaban J connectivity index is 5.91.